The minimum absolute atomic E-state index is 0.195. The molecule has 0 spiro atoms. The van der Waals surface area contributed by atoms with Gasteiger partial charge < -0.3 is 14.9 Å². The molecule has 0 aliphatic carbocycles. The monoisotopic (exact) mass is 318 g/mol. The largest absolute Gasteiger partial charge is 0.508 e. The highest BCUT2D eigenvalue weighted by Gasteiger charge is 2.05. The Kier molecular flexibility index (Phi) is 5.29. The van der Waals surface area contributed by atoms with Crippen molar-refractivity contribution in [1.29, 1.82) is 0 Å². The first-order valence-corrected chi connectivity index (χ1v) is 7.07. The molecule has 5 N–H and O–H groups in total. The summed E-state index contributed by atoms with van der Waals surface area (Å²) in [5.74, 6) is -1.36. The summed E-state index contributed by atoms with van der Waals surface area (Å²) in [4.78, 5) is 11.9. The zero-order valence-corrected chi connectivity index (χ0v) is 12.2. The number of carbonyl (C=O) groups excluding carboxylic acids is 1. The normalized spacial score (nSPS) is 11.0. The first kappa shape index (κ1) is 15.7. The Morgan fingerprint density at radius 2 is 1.86 bits per heavy atom. The maximum atomic E-state index is 11.0. The summed E-state index contributed by atoms with van der Waals surface area (Å²) in [7, 11) is 0. The van der Waals surface area contributed by atoms with E-state index >= 15 is 0 Å². The molecule has 0 bridgehead atoms. The molecule has 0 saturated heterocycles. The van der Waals surface area contributed by atoms with Gasteiger partial charge >= 0.3 is 5.91 Å². The van der Waals surface area contributed by atoms with Gasteiger partial charge in [0.1, 0.15) is 5.75 Å². The van der Waals surface area contributed by atoms with Gasteiger partial charge in [-0.3, -0.25) is 10.0 Å². The number of benzene rings is 2. The van der Waals surface area contributed by atoms with Crippen molar-refractivity contribution in [2.24, 2.45) is 0 Å². The zero-order chi connectivity index (χ0) is 15.9. The lowest BCUT2D eigenvalue weighted by molar-refractivity contribution is -0.127. The van der Waals surface area contributed by atoms with Crippen molar-refractivity contribution in [2.75, 3.05) is 4.72 Å². The Labute approximate surface area is 131 Å². The second-order valence-corrected chi connectivity index (χ2v) is 5.17. The molecule has 2 rings (SSSR count). The Morgan fingerprint density at radius 3 is 2.55 bits per heavy atom. The van der Waals surface area contributed by atoms with E-state index in [4.69, 9.17) is 5.21 Å². The van der Waals surface area contributed by atoms with E-state index in [0.717, 1.165) is 10.6 Å². The van der Waals surface area contributed by atoms with E-state index in [-0.39, 0.29) is 5.75 Å². The van der Waals surface area contributed by atoms with Crippen molar-refractivity contribution in [3.05, 3.63) is 59.9 Å². The van der Waals surface area contributed by atoms with Crippen LogP contribution in [0.25, 0.3) is 6.08 Å². The highest BCUT2D eigenvalue weighted by atomic mass is 32.2. The fourth-order valence-corrected chi connectivity index (χ4v) is 2.31. The van der Waals surface area contributed by atoms with Crippen LogP contribution in [-0.4, -0.2) is 21.3 Å². The highest BCUT2D eigenvalue weighted by molar-refractivity contribution is 8.00. The molecule has 0 atom stereocenters. The second-order valence-electron chi connectivity index (χ2n) is 4.29. The van der Waals surface area contributed by atoms with Crippen LogP contribution in [-0.2, 0) is 4.79 Å². The van der Waals surface area contributed by atoms with Gasteiger partial charge in [0.15, 0.2) is 5.76 Å². The van der Waals surface area contributed by atoms with Crippen molar-refractivity contribution >= 4 is 29.6 Å². The Morgan fingerprint density at radius 1 is 1.14 bits per heavy atom. The number of nitrogens with one attached hydrogen (secondary N) is 2. The molecular formula is C15H14N2O4S. The van der Waals surface area contributed by atoms with E-state index in [1.807, 2.05) is 6.07 Å². The van der Waals surface area contributed by atoms with E-state index in [2.05, 4.69) is 4.72 Å². The number of hydrogen-bond acceptors (Lipinski definition) is 6. The molecular weight excluding hydrogens is 304 g/mol. The third-order valence-electron chi connectivity index (χ3n) is 2.65. The van der Waals surface area contributed by atoms with Crippen molar-refractivity contribution in [1.82, 2.24) is 5.48 Å². The Balaban J connectivity index is 2.05. The maximum absolute atomic E-state index is 11.0. The molecule has 0 heterocycles. The molecule has 7 heteroatoms. The average molecular weight is 318 g/mol. The topological polar surface area (TPSA) is 102 Å². The van der Waals surface area contributed by atoms with Crippen LogP contribution in [0.5, 0.6) is 5.75 Å². The fraction of sp³-hybridized carbons (Fsp3) is 0. The number of aliphatic hydroxyl groups excluding tert-OH is 1. The molecule has 2 aromatic rings. The summed E-state index contributed by atoms with van der Waals surface area (Å²) in [6.07, 6.45) is 1.25. The van der Waals surface area contributed by atoms with Gasteiger partial charge in [-0.1, -0.05) is 12.1 Å². The Bertz CT molecular complexity index is 686. The summed E-state index contributed by atoms with van der Waals surface area (Å²) >= 11 is 1.34. The Hall–Kier alpha value is -2.64. The summed E-state index contributed by atoms with van der Waals surface area (Å²) in [5, 5.41) is 27.1. The SMILES string of the molecule is O=C(NO)/C(O)=C/c1cccc(SNc2ccc(O)cc2)c1. The van der Waals surface area contributed by atoms with Gasteiger partial charge in [-0.2, -0.15) is 0 Å². The highest BCUT2D eigenvalue weighted by Crippen LogP contribution is 2.23. The number of anilines is 1. The molecule has 0 aliphatic heterocycles. The van der Waals surface area contributed by atoms with Crippen molar-refractivity contribution in [3.8, 4) is 5.75 Å². The minimum atomic E-state index is -0.972. The van der Waals surface area contributed by atoms with Crippen LogP contribution < -0.4 is 10.2 Å². The van der Waals surface area contributed by atoms with Crippen LogP contribution >= 0.6 is 11.9 Å². The van der Waals surface area contributed by atoms with Crippen LogP contribution in [0.3, 0.4) is 0 Å². The van der Waals surface area contributed by atoms with Crippen LogP contribution in [0, 0.1) is 0 Å². The van der Waals surface area contributed by atoms with Crippen LogP contribution in [0.15, 0.2) is 59.2 Å². The van der Waals surface area contributed by atoms with Gasteiger partial charge in [0.25, 0.3) is 0 Å². The predicted octanol–water partition coefficient (Wildman–Crippen LogP) is 2.92. The number of phenolic OH excluding ortho intramolecular Hbond substituents is 1. The van der Waals surface area contributed by atoms with Gasteiger partial charge in [0, 0.05) is 10.6 Å². The number of aromatic hydroxyl groups is 1. The van der Waals surface area contributed by atoms with Gasteiger partial charge in [0.05, 0.1) is 0 Å². The van der Waals surface area contributed by atoms with Crippen LogP contribution in [0.2, 0.25) is 0 Å². The summed E-state index contributed by atoms with van der Waals surface area (Å²) < 4.78 is 3.11. The molecule has 0 fully saturated rings. The van der Waals surface area contributed by atoms with E-state index in [1.54, 1.807) is 42.5 Å². The lowest BCUT2D eigenvalue weighted by Crippen LogP contribution is -2.20. The number of rotatable bonds is 5. The molecule has 22 heavy (non-hydrogen) atoms. The number of carbonyl (C=O) groups is 1. The van der Waals surface area contributed by atoms with Gasteiger partial charge in [-0.05, 0) is 60.0 Å². The summed E-state index contributed by atoms with van der Waals surface area (Å²) in [6.45, 7) is 0. The van der Waals surface area contributed by atoms with E-state index in [0.29, 0.717) is 5.56 Å². The molecule has 0 radical (unpaired) electrons. The first-order chi connectivity index (χ1) is 10.6. The van der Waals surface area contributed by atoms with E-state index in [9.17, 15) is 15.0 Å². The third kappa shape index (κ3) is 4.44. The van der Waals surface area contributed by atoms with Gasteiger partial charge in [-0.15, -0.1) is 0 Å². The van der Waals surface area contributed by atoms with Crippen molar-refractivity contribution in [2.45, 2.75) is 4.90 Å². The summed E-state index contributed by atoms with van der Waals surface area (Å²) in [6, 6.07) is 13.7. The van der Waals surface area contributed by atoms with Crippen LogP contribution in [0.1, 0.15) is 5.56 Å². The fourth-order valence-electron chi connectivity index (χ4n) is 1.60. The quantitative estimate of drug-likeness (QED) is 0.145. The molecule has 0 aromatic heterocycles. The molecule has 114 valence electrons. The molecule has 0 unspecified atom stereocenters. The van der Waals surface area contributed by atoms with Crippen molar-refractivity contribution < 1.29 is 20.2 Å². The smallest absolute Gasteiger partial charge is 0.309 e. The van der Waals surface area contributed by atoms with E-state index in [1.165, 1.54) is 23.5 Å². The minimum Gasteiger partial charge on any atom is -0.508 e. The lowest BCUT2D eigenvalue weighted by atomic mass is 10.2. The standard InChI is InChI=1S/C15H14N2O4S/c18-12-6-4-11(5-7-12)17-22-13-3-1-2-10(8-13)9-14(19)15(20)16-21/h1-9,17-19,21H,(H,16,20)/b14-9-. The zero-order valence-electron chi connectivity index (χ0n) is 11.4. The molecule has 0 aliphatic rings. The van der Waals surface area contributed by atoms with E-state index < -0.39 is 11.7 Å². The van der Waals surface area contributed by atoms with Gasteiger partial charge in [-0.25, -0.2) is 5.48 Å². The number of hydroxylamine groups is 1. The molecule has 0 saturated carbocycles. The van der Waals surface area contributed by atoms with Crippen LogP contribution in [0.4, 0.5) is 5.69 Å². The van der Waals surface area contributed by atoms with Gasteiger partial charge in [0.2, 0.25) is 0 Å². The molecule has 2 aromatic carbocycles. The molecule has 1 amide bonds. The maximum Gasteiger partial charge on any atom is 0.309 e. The molecule has 6 nitrogen and oxygen atoms in total. The number of amides is 1. The first-order valence-electron chi connectivity index (χ1n) is 6.25. The second kappa shape index (κ2) is 7.39. The predicted molar refractivity (Wildman–Crippen MR) is 84.6 cm³/mol. The third-order valence-corrected chi connectivity index (χ3v) is 3.48. The number of hydrogen-bond donors (Lipinski definition) is 5. The number of aliphatic hydroxyl groups is 1. The number of phenols is 1. The lowest BCUT2D eigenvalue weighted by Gasteiger charge is -2.06. The summed E-state index contributed by atoms with van der Waals surface area (Å²) in [5.41, 5.74) is 2.79. The van der Waals surface area contributed by atoms with Crippen molar-refractivity contribution in [3.63, 3.8) is 0 Å². The average Bonchev–Trinajstić information content (AvgIpc) is 2.54.